The van der Waals surface area contributed by atoms with Crippen molar-refractivity contribution in [2.24, 2.45) is 0 Å². The standard InChI is InChI=1S/C14H17NO8S/c1-10(14(16)22-9-12-3-2-8-21-12)23-24(19,20)13-6-4-11(5-7-13)15(17)18/h4-7,10,12H,2-3,8-9H2,1H3/t10-,12?/m0/s1. The number of nitrogens with zero attached hydrogens (tertiary/aromatic N) is 1. The van der Waals surface area contributed by atoms with Crippen LogP contribution in [0.2, 0.25) is 0 Å². The van der Waals surface area contributed by atoms with Gasteiger partial charge in [0.15, 0.2) is 6.10 Å². The third-order valence-corrected chi connectivity index (χ3v) is 4.77. The second-order valence-electron chi connectivity index (χ2n) is 5.21. The number of non-ortho nitro benzene ring substituents is 1. The first-order valence-corrected chi connectivity index (χ1v) is 8.66. The molecule has 1 heterocycles. The van der Waals surface area contributed by atoms with Crippen molar-refractivity contribution in [3.05, 3.63) is 34.4 Å². The lowest BCUT2D eigenvalue weighted by molar-refractivity contribution is -0.384. The average molecular weight is 359 g/mol. The number of rotatable bonds is 7. The number of carbonyl (C=O) groups excluding carboxylic acids is 1. The van der Waals surface area contributed by atoms with Crippen LogP contribution in [0.15, 0.2) is 29.2 Å². The molecule has 0 N–H and O–H groups in total. The summed E-state index contributed by atoms with van der Waals surface area (Å²) in [6.45, 7) is 1.91. The molecule has 24 heavy (non-hydrogen) atoms. The number of hydrogen-bond donors (Lipinski definition) is 0. The lowest BCUT2D eigenvalue weighted by Crippen LogP contribution is -2.29. The van der Waals surface area contributed by atoms with E-state index in [1.165, 1.54) is 6.92 Å². The Bertz CT molecular complexity index is 694. The normalized spacial score (nSPS) is 19.0. The molecule has 0 aromatic heterocycles. The largest absolute Gasteiger partial charge is 0.461 e. The van der Waals surface area contributed by atoms with Gasteiger partial charge in [0, 0.05) is 18.7 Å². The van der Waals surface area contributed by atoms with Crippen molar-refractivity contribution in [2.75, 3.05) is 13.2 Å². The molecule has 9 nitrogen and oxygen atoms in total. The Morgan fingerprint density at radius 2 is 2.08 bits per heavy atom. The van der Waals surface area contributed by atoms with Gasteiger partial charge in [-0.15, -0.1) is 0 Å². The van der Waals surface area contributed by atoms with Crippen LogP contribution in [0.5, 0.6) is 0 Å². The zero-order valence-electron chi connectivity index (χ0n) is 12.9. The van der Waals surface area contributed by atoms with Gasteiger partial charge < -0.3 is 9.47 Å². The molecule has 0 spiro atoms. The van der Waals surface area contributed by atoms with E-state index >= 15 is 0 Å². The Morgan fingerprint density at radius 1 is 1.42 bits per heavy atom. The summed E-state index contributed by atoms with van der Waals surface area (Å²) in [5, 5.41) is 10.6. The molecule has 132 valence electrons. The Hall–Kier alpha value is -2.04. The van der Waals surface area contributed by atoms with E-state index in [1.807, 2.05) is 0 Å². The van der Waals surface area contributed by atoms with Crippen LogP contribution in [0, 0.1) is 10.1 Å². The molecule has 2 atom stereocenters. The average Bonchev–Trinajstić information content (AvgIpc) is 3.05. The van der Waals surface area contributed by atoms with Crippen molar-refractivity contribution in [3.63, 3.8) is 0 Å². The number of carbonyl (C=O) groups is 1. The van der Waals surface area contributed by atoms with Gasteiger partial charge in [0.1, 0.15) is 6.61 Å². The van der Waals surface area contributed by atoms with E-state index < -0.39 is 27.1 Å². The topological polar surface area (TPSA) is 122 Å². The van der Waals surface area contributed by atoms with E-state index in [4.69, 9.17) is 13.7 Å². The van der Waals surface area contributed by atoms with Crippen molar-refractivity contribution in [2.45, 2.75) is 36.9 Å². The van der Waals surface area contributed by atoms with Gasteiger partial charge in [0.05, 0.1) is 15.9 Å². The summed E-state index contributed by atoms with van der Waals surface area (Å²) in [6, 6.07) is 4.16. The number of nitro groups is 1. The minimum absolute atomic E-state index is 0.0457. The number of hydrogen-bond acceptors (Lipinski definition) is 8. The quantitative estimate of drug-likeness (QED) is 0.310. The molecular formula is C14H17NO8S. The first-order chi connectivity index (χ1) is 11.3. The van der Waals surface area contributed by atoms with Gasteiger partial charge in [-0.2, -0.15) is 8.42 Å². The fourth-order valence-corrected chi connectivity index (χ4v) is 3.13. The van der Waals surface area contributed by atoms with Crippen LogP contribution in [0.1, 0.15) is 19.8 Å². The van der Waals surface area contributed by atoms with Crippen molar-refractivity contribution >= 4 is 21.8 Å². The van der Waals surface area contributed by atoms with Crippen LogP contribution < -0.4 is 0 Å². The number of benzene rings is 1. The molecule has 0 radical (unpaired) electrons. The Morgan fingerprint density at radius 3 is 2.62 bits per heavy atom. The molecule has 1 fully saturated rings. The second-order valence-corrected chi connectivity index (χ2v) is 6.78. The van der Waals surface area contributed by atoms with E-state index in [1.54, 1.807) is 0 Å². The van der Waals surface area contributed by atoms with Gasteiger partial charge in [-0.25, -0.2) is 4.79 Å². The highest BCUT2D eigenvalue weighted by molar-refractivity contribution is 7.86. The number of nitro benzene ring substituents is 1. The molecular weight excluding hydrogens is 342 g/mol. The molecule has 0 bridgehead atoms. The Balaban J connectivity index is 1.94. The van der Waals surface area contributed by atoms with Crippen molar-refractivity contribution < 1.29 is 31.8 Å². The van der Waals surface area contributed by atoms with E-state index in [2.05, 4.69) is 0 Å². The van der Waals surface area contributed by atoms with Gasteiger partial charge in [0.25, 0.3) is 15.8 Å². The van der Waals surface area contributed by atoms with Gasteiger partial charge in [-0.3, -0.25) is 14.3 Å². The Labute approximate surface area is 138 Å². The monoisotopic (exact) mass is 359 g/mol. The molecule has 1 unspecified atom stereocenters. The fraction of sp³-hybridized carbons (Fsp3) is 0.500. The third-order valence-electron chi connectivity index (χ3n) is 3.37. The van der Waals surface area contributed by atoms with Crippen molar-refractivity contribution in [3.8, 4) is 0 Å². The molecule has 1 saturated heterocycles. The summed E-state index contributed by atoms with van der Waals surface area (Å²) in [5.74, 6) is -0.823. The molecule has 1 aliphatic rings. The predicted octanol–water partition coefficient (Wildman–Crippen LogP) is 1.41. The van der Waals surface area contributed by atoms with Crippen LogP contribution in [0.3, 0.4) is 0 Å². The molecule has 1 aromatic rings. The first-order valence-electron chi connectivity index (χ1n) is 7.25. The predicted molar refractivity (Wildman–Crippen MR) is 80.8 cm³/mol. The maximum atomic E-state index is 12.1. The zero-order valence-corrected chi connectivity index (χ0v) is 13.7. The van der Waals surface area contributed by atoms with E-state index in [0.717, 1.165) is 37.1 Å². The summed E-state index contributed by atoms with van der Waals surface area (Å²) < 4.78 is 39.2. The number of ether oxygens (including phenoxy) is 2. The van der Waals surface area contributed by atoms with Gasteiger partial charge >= 0.3 is 5.97 Å². The summed E-state index contributed by atoms with van der Waals surface area (Å²) in [6.07, 6.45) is 0.158. The van der Waals surface area contributed by atoms with Gasteiger partial charge in [-0.05, 0) is 31.9 Å². The Kier molecular flexibility index (Phi) is 5.86. The molecule has 0 amide bonds. The SMILES string of the molecule is C[C@H](OS(=O)(=O)c1ccc([N+](=O)[O-])cc1)C(=O)OCC1CCCO1. The molecule has 1 aliphatic heterocycles. The molecule has 10 heteroatoms. The third kappa shape index (κ3) is 4.73. The molecule has 0 saturated carbocycles. The highest BCUT2D eigenvalue weighted by Crippen LogP contribution is 2.19. The first kappa shape index (κ1) is 18.3. The second kappa shape index (κ2) is 7.69. The molecule has 1 aromatic carbocycles. The lowest BCUT2D eigenvalue weighted by atomic mass is 10.2. The maximum absolute atomic E-state index is 12.1. The van der Waals surface area contributed by atoms with Crippen molar-refractivity contribution in [1.82, 2.24) is 0 Å². The smallest absolute Gasteiger partial charge is 0.336 e. The van der Waals surface area contributed by atoms with Crippen LogP contribution in [0.4, 0.5) is 5.69 Å². The minimum Gasteiger partial charge on any atom is -0.461 e. The zero-order chi connectivity index (χ0) is 17.7. The van der Waals surface area contributed by atoms with Gasteiger partial charge in [-0.1, -0.05) is 0 Å². The van der Waals surface area contributed by atoms with Crippen molar-refractivity contribution in [1.29, 1.82) is 0 Å². The van der Waals surface area contributed by atoms with Gasteiger partial charge in [0.2, 0.25) is 0 Å². The lowest BCUT2D eigenvalue weighted by Gasteiger charge is -2.14. The fourth-order valence-electron chi connectivity index (χ4n) is 2.09. The molecule has 2 rings (SSSR count). The summed E-state index contributed by atoms with van der Waals surface area (Å²) in [7, 11) is -4.24. The van der Waals surface area contributed by atoms with E-state index in [9.17, 15) is 23.3 Å². The highest BCUT2D eigenvalue weighted by Gasteiger charge is 2.27. The number of esters is 1. The summed E-state index contributed by atoms with van der Waals surface area (Å²) in [4.78, 5) is 21.4. The van der Waals surface area contributed by atoms with Crippen LogP contribution in [-0.2, 0) is 28.6 Å². The minimum atomic E-state index is -4.24. The van der Waals surface area contributed by atoms with Crippen LogP contribution in [-0.4, -0.2) is 44.7 Å². The summed E-state index contributed by atoms with van der Waals surface area (Å²) >= 11 is 0. The van der Waals surface area contributed by atoms with E-state index in [-0.39, 0.29) is 23.3 Å². The highest BCUT2D eigenvalue weighted by atomic mass is 32.2. The van der Waals surface area contributed by atoms with E-state index in [0.29, 0.717) is 6.61 Å². The maximum Gasteiger partial charge on any atom is 0.336 e. The van der Waals surface area contributed by atoms with Crippen LogP contribution >= 0.6 is 0 Å². The van der Waals surface area contributed by atoms with Crippen LogP contribution in [0.25, 0.3) is 0 Å². The summed E-state index contributed by atoms with van der Waals surface area (Å²) in [5.41, 5.74) is -0.252. The molecule has 0 aliphatic carbocycles.